The number of hydrogen-bond acceptors (Lipinski definition) is 1. The van der Waals surface area contributed by atoms with Crippen molar-refractivity contribution in [1.29, 1.82) is 0 Å². The van der Waals surface area contributed by atoms with E-state index in [0.29, 0.717) is 11.8 Å². The Hall–Kier alpha value is -1.24. The van der Waals surface area contributed by atoms with Crippen molar-refractivity contribution in [1.82, 2.24) is 0 Å². The molecule has 0 spiro atoms. The quantitative estimate of drug-likeness (QED) is 0.706. The first-order chi connectivity index (χ1) is 6.68. The van der Waals surface area contributed by atoms with Crippen LogP contribution in [0.25, 0.3) is 0 Å². The monoisotopic (exact) mass is 187 g/mol. The largest absolute Gasteiger partial charge is 0.359 e. The van der Waals surface area contributed by atoms with Crippen molar-refractivity contribution in [3.63, 3.8) is 0 Å². The number of rotatable bonds is 1. The Balaban J connectivity index is 2.43. The topological polar surface area (TPSA) is 12.0 Å². The molecule has 1 heteroatoms. The predicted molar refractivity (Wildman–Crippen MR) is 61.4 cm³/mol. The van der Waals surface area contributed by atoms with Crippen LogP contribution in [0.1, 0.15) is 31.7 Å². The van der Waals surface area contributed by atoms with E-state index in [1.54, 1.807) is 0 Å². The minimum absolute atomic E-state index is 0.625. The molecule has 1 N–H and O–H groups in total. The Morgan fingerprint density at radius 1 is 1.36 bits per heavy atom. The molecule has 1 heterocycles. The number of nitrogens with one attached hydrogen (secondary N) is 1. The molecule has 1 aromatic rings. The van der Waals surface area contributed by atoms with Crippen LogP contribution in [0.2, 0.25) is 0 Å². The molecule has 0 amide bonds. The summed E-state index contributed by atoms with van der Waals surface area (Å²) >= 11 is 0. The van der Waals surface area contributed by atoms with E-state index in [0.717, 1.165) is 12.1 Å². The van der Waals surface area contributed by atoms with Gasteiger partial charge in [-0.15, -0.1) is 0 Å². The molecule has 0 saturated heterocycles. The van der Waals surface area contributed by atoms with Gasteiger partial charge in [-0.1, -0.05) is 38.6 Å². The van der Waals surface area contributed by atoms with Crippen molar-refractivity contribution in [2.75, 3.05) is 5.32 Å². The molecular formula is C13H17N. The Bertz CT molecular complexity index is 352. The maximum absolute atomic E-state index is 4.03. The summed E-state index contributed by atoms with van der Waals surface area (Å²) in [5.74, 6) is 1.30. The van der Waals surface area contributed by atoms with Crippen molar-refractivity contribution < 1.29 is 0 Å². The van der Waals surface area contributed by atoms with Gasteiger partial charge >= 0.3 is 0 Å². The van der Waals surface area contributed by atoms with E-state index in [4.69, 9.17) is 0 Å². The van der Waals surface area contributed by atoms with Gasteiger partial charge in [0, 0.05) is 11.4 Å². The number of anilines is 1. The zero-order valence-electron chi connectivity index (χ0n) is 8.88. The van der Waals surface area contributed by atoms with Crippen molar-refractivity contribution in [2.45, 2.75) is 26.2 Å². The molecule has 0 aliphatic carbocycles. The van der Waals surface area contributed by atoms with Crippen LogP contribution >= 0.6 is 0 Å². The van der Waals surface area contributed by atoms with Crippen LogP contribution in [0.3, 0.4) is 0 Å². The van der Waals surface area contributed by atoms with E-state index in [1.807, 2.05) is 0 Å². The molecule has 0 fully saturated rings. The van der Waals surface area contributed by atoms with Gasteiger partial charge in [0.15, 0.2) is 0 Å². The van der Waals surface area contributed by atoms with E-state index in [-0.39, 0.29) is 0 Å². The minimum atomic E-state index is 0.625. The maximum atomic E-state index is 4.03. The molecule has 0 saturated carbocycles. The minimum Gasteiger partial charge on any atom is -0.359 e. The van der Waals surface area contributed by atoms with E-state index < -0.39 is 0 Å². The van der Waals surface area contributed by atoms with Gasteiger partial charge in [-0.3, -0.25) is 0 Å². The highest BCUT2D eigenvalue weighted by molar-refractivity contribution is 5.59. The standard InChI is InChI=1S/C13H17N/c1-9(2)12-8-10(3)14-13-7-5-4-6-11(12)13/h4-7,9,12,14H,3,8H2,1-2H3. The highest BCUT2D eigenvalue weighted by Gasteiger charge is 2.23. The average molecular weight is 187 g/mol. The Morgan fingerprint density at radius 2 is 2.07 bits per heavy atom. The summed E-state index contributed by atoms with van der Waals surface area (Å²) in [7, 11) is 0. The lowest BCUT2D eigenvalue weighted by molar-refractivity contribution is 0.489. The summed E-state index contributed by atoms with van der Waals surface area (Å²) in [6, 6.07) is 8.54. The Labute approximate surface area is 85.8 Å². The van der Waals surface area contributed by atoms with E-state index in [2.05, 4.69) is 50.0 Å². The molecule has 14 heavy (non-hydrogen) atoms. The third-order valence-corrected chi connectivity index (χ3v) is 2.94. The summed E-state index contributed by atoms with van der Waals surface area (Å²) in [6.07, 6.45) is 1.06. The average Bonchev–Trinajstić information content (AvgIpc) is 2.16. The molecule has 1 aliphatic rings. The highest BCUT2D eigenvalue weighted by Crippen LogP contribution is 2.39. The number of fused-ring (bicyclic) bond motifs is 1. The van der Waals surface area contributed by atoms with Gasteiger partial charge in [-0.2, -0.15) is 0 Å². The Kier molecular flexibility index (Phi) is 2.32. The normalized spacial score (nSPS) is 20.5. The second-order valence-corrected chi connectivity index (χ2v) is 4.37. The fraction of sp³-hybridized carbons (Fsp3) is 0.385. The molecule has 1 aliphatic heterocycles. The van der Waals surface area contributed by atoms with Crippen molar-refractivity contribution in [3.8, 4) is 0 Å². The summed E-state index contributed by atoms with van der Waals surface area (Å²) in [6.45, 7) is 8.59. The number of hydrogen-bond donors (Lipinski definition) is 1. The van der Waals surface area contributed by atoms with E-state index in [9.17, 15) is 0 Å². The first kappa shape index (κ1) is 9.32. The molecule has 0 aromatic heterocycles. The van der Waals surface area contributed by atoms with Gasteiger partial charge in [0.05, 0.1) is 0 Å². The highest BCUT2D eigenvalue weighted by atomic mass is 14.9. The fourth-order valence-electron chi connectivity index (χ4n) is 2.15. The molecule has 1 aromatic carbocycles. The Morgan fingerprint density at radius 3 is 2.79 bits per heavy atom. The van der Waals surface area contributed by atoms with Gasteiger partial charge in [0.25, 0.3) is 0 Å². The molecule has 1 unspecified atom stereocenters. The zero-order valence-corrected chi connectivity index (χ0v) is 8.88. The SMILES string of the molecule is C=C1CC(C(C)C)c2ccccc2N1. The number of allylic oxidation sites excluding steroid dienone is 1. The summed E-state index contributed by atoms with van der Waals surface area (Å²) in [5.41, 5.74) is 3.82. The number of para-hydroxylation sites is 1. The maximum Gasteiger partial charge on any atom is 0.0417 e. The molecule has 2 rings (SSSR count). The van der Waals surface area contributed by atoms with Crippen LogP contribution in [0.15, 0.2) is 36.5 Å². The van der Waals surface area contributed by atoms with Crippen LogP contribution in [0.5, 0.6) is 0 Å². The van der Waals surface area contributed by atoms with E-state index >= 15 is 0 Å². The molecule has 74 valence electrons. The first-order valence-electron chi connectivity index (χ1n) is 5.22. The van der Waals surface area contributed by atoms with Gasteiger partial charge < -0.3 is 5.32 Å². The van der Waals surface area contributed by atoms with Crippen LogP contribution in [-0.2, 0) is 0 Å². The fourth-order valence-corrected chi connectivity index (χ4v) is 2.15. The summed E-state index contributed by atoms with van der Waals surface area (Å²) in [5, 5.41) is 3.35. The van der Waals surface area contributed by atoms with Gasteiger partial charge in [-0.25, -0.2) is 0 Å². The third-order valence-electron chi connectivity index (χ3n) is 2.94. The molecule has 0 bridgehead atoms. The van der Waals surface area contributed by atoms with E-state index in [1.165, 1.54) is 11.3 Å². The van der Waals surface area contributed by atoms with Gasteiger partial charge in [0.2, 0.25) is 0 Å². The summed E-state index contributed by atoms with van der Waals surface area (Å²) in [4.78, 5) is 0. The molecular weight excluding hydrogens is 170 g/mol. The summed E-state index contributed by atoms with van der Waals surface area (Å²) < 4.78 is 0. The second-order valence-electron chi connectivity index (χ2n) is 4.37. The smallest absolute Gasteiger partial charge is 0.0417 e. The second kappa shape index (κ2) is 3.49. The lowest BCUT2D eigenvalue weighted by Gasteiger charge is -2.30. The number of benzene rings is 1. The lowest BCUT2D eigenvalue weighted by atomic mass is 9.82. The van der Waals surface area contributed by atoms with Crippen LogP contribution in [0.4, 0.5) is 5.69 Å². The van der Waals surface area contributed by atoms with Crippen molar-refractivity contribution in [3.05, 3.63) is 42.1 Å². The zero-order chi connectivity index (χ0) is 10.1. The molecule has 1 atom stereocenters. The van der Waals surface area contributed by atoms with Crippen molar-refractivity contribution >= 4 is 5.69 Å². The van der Waals surface area contributed by atoms with Gasteiger partial charge in [-0.05, 0) is 29.9 Å². The lowest BCUT2D eigenvalue weighted by Crippen LogP contribution is -2.18. The predicted octanol–water partition coefficient (Wildman–Crippen LogP) is 3.76. The van der Waals surface area contributed by atoms with Crippen LogP contribution in [-0.4, -0.2) is 0 Å². The third kappa shape index (κ3) is 1.54. The first-order valence-corrected chi connectivity index (χ1v) is 5.22. The van der Waals surface area contributed by atoms with Crippen LogP contribution in [0, 0.1) is 5.92 Å². The molecule has 0 radical (unpaired) electrons. The van der Waals surface area contributed by atoms with Crippen molar-refractivity contribution in [2.24, 2.45) is 5.92 Å². The molecule has 1 nitrogen and oxygen atoms in total. The van der Waals surface area contributed by atoms with Crippen LogP contribution < -0.4 is 5.32 Å². The van der Waals surface area contributed by atoms with Gasteiger partial charge in [0.1, 0.15) is 0 Å².